The van der Waals surface area contributed by atoms with Gasteiger partial charge >= 0.3 is 6.03 Å². The number of carbonyl (C=O) groups excluding carboxylic acids is 1. The Morgan fingerprint density at radius 3 is 2.35 bits per heavy atom. The third-order valence-electron chi connectivity index (χ3n) is 5.29. The molecule has 2 heterocycles. The van der Waals surface area contributed by atoms with Gasteiger partial charge in [0.2, 0.25) is 0 Å². The van der Waals surface area contributed by atoms with Crippen molar-refractivity contribution in [2.24, 2.45) is 0 Å². The van der Waals surface area contributed by atoms with Gasteiger partial charge in [-0.1, -0.05) is 29.8 Å². The van der Waals surface area contributed by atoms with Crippen LogP contribution in [0, 0.1) is 13.8 Å². The highest BCUT2D eigenvalue weighted by molar-refractivity contribution is 7.91. The maximum atomic E-state index is 13.3. The lowest BCUT2D eigenvalue weighted by atomic mass is 10.1. The Labute approximate surface area is 158 Å². The maximum Gasteiger partial charge on any atom is 0.329 e. The highest BCUT2D eigenvalue weighted by atomic mass is 35.5. The molecular weight excluding hydrogens is 372 g/mol. The molecular formula is C19H19ClN2O3S. The van der Waals surface area contributed by atoms with E-state index in [1.54, 1.807) is 34.1 Å². The largest absolute Gasteiger partial charge is 0.329 e. The van der Waals surface area contributed by atoms with E-state index in [2.05, 4.69) is 0 Å². The number of amides is 2. The van der Waals surface area contributed by atoms with Gasteiger partial charge in [0.1, 0.15) is 0 Å². The average molecular weight is 391 g/mol. The lowest BCUT2D eigenvalue weighted by Crippen LogP contribution is -2.38. The van der Waals surface area contributed by atoms with E-state index in [4.69, 9.17) is 11.6 Å². The van der Waals surface area contributed by atoms with Gasteiger partial charge in [-0.3, -0.25) is 9.80 Å². The summed E-state index contributed by atoms with van der Waals surface area (Å²) in [6.07, 6.45) is 0. The molecule has 136 valence electrons. The van der Waals surface area contributed by atoms with Crippen molar-refractivity contribution in [3.8, 4) is 0 Å². The normalized spacial score (nSPS) is 24.2. The number of benzene rings is 2. The van der Waals surface area contributed by atoms with Crippen molar-refractivity contribution in [1.82, 2.24) is 0 Å². The molecule has 5 nitrogen and oxygen atoms in total. The van der Waals surface area contributed by atoms with Gasteiger partial charge in [-0.25, -0.2) is 13.2 Å². The summed E-state index contributed by atoms with van der Waals surface area (Å²) < 4.78 is 24.7. The van der Waals surface area contributed by atoms with Crippen molar-refractivity contribution in [2.75, 3.05) is 21.3 Å². The Morgan fingerprint density at radius 1 is 1.00 bits per heavy atom. The second kappa shape index (κ2) is 5.99. The molecule has 0 radical (unpaired) electrons. The van der Waals surface area contributed by atoms with Gasteiger partial charge in [-0.15, -0.1) is 0 Å². The number of sulfone groups is 1. The van der Waals surface area contributed by atoms with Gasteiger partial charge in [0.25, 0.3) is 0 Å². The summed E-state index contributed by atoms with van der Waals surface area (Å²) in [5, 5.41) is 0.512. The fourth-order valence-corrected chi connectivity index (χ4v) is 6.01. The quantitative estimate of drug-likeness (QED) is 0.736. The zero-order valence-corrected chi connectivity index (χ0v) is 16.1. The topological polar surface area (TPSA) is 57.7 Å². The highest BCUT2D eigenvalue weighted by Gasteiger charge is 2.54. The van der Waals surface area contributed by atoms with Crippen LogP contribution in [0.1, 0.15) is 11.1 Å². The SMILES string of the molecule is Cc1cccc(N2C(=O)N(c3cccc(Cl)c3)[C@@H]3CS(=O)(=O)C[C@@H]32)c1C. The van der Waals surface area contributed by atoms with Crippen LogP contribution in [-0.4, -0.2) is 38.0 Å². The Morgan fingerprint density at radius 2 is 1.65 bits per heavy atom. The van der Waals surface area contributed by atoms with E-state index >= 15 is 0 Å². The standard InChI is InChI=1S/C19H19ClN2O3S/c1-12-5-3-8-16(13(12)2)22-18-11-26(24,25)10-17(18)21(19(22)23)15-7-4-6-14(20)9-15/h3-9,17-18H,10-11H2,1-2H3/t17-,18+/m1/s1. The lowest BCUT2D eigenvalue weighted by molar-refractivity contribution is 0.255. The number of nitrogens with zero attached hydrogens (tertiary/aromatic N) is 2. The van der Waals surface area contributed by atoms with Crippen molar-refractivity contribution in [2.45, 2.75) is 25.9 Å². The summed E-state index contributed by atoms with van der Waals surface area (Å²) in [4.78, 5) is 16.6. The molecule has 2 saturated heterocycles. The summed E-state index contributed by atoms with van der Waals surface area (Å²) >= 11 is 6.10. The summed E-state index contributed by atoms with van der Waals surface area (Å²) in [6.45, 7) is 3.94. The van der Waals surface area contributed by atoms with E-state index in [0.717, 1.165) is 16.8 Å². The monoisotopic (exact) mass is 390 g/mol. The molecule has 0 saturated carbocycles. The average Bonchev–Trinajstić information content (AvgIpc) is 2.99. The number of carbonyl (C=O) groups is 1. The van der Waals surface area contributed by atoms with E-state index in [-0.39, 0.29) is 17.5 Å². The molecule has 26 heavy (non-hydrogen) atoms. The van der Waals surface area contributed by atoms with E-state index in [1.807, 2.05) is 32.0 Å². The van der Waals surface area contributed by atoms with Crippen molar-refractivity contribution in [3.05, 3.63) is 58.6 Å². The van der Waals surface area contributed by atoms with Crippen LogP contribution in [0.2, 0.25) is 5.02 Å². The number of rotatable bonds is 2. The van der Waals surface area contributed by atoms with Crippen LogP contribution in [0.4, 0.5) is 16.2 Å². The second-order valence-electron chi connectivity index (χ2n) is 6.93. The van der Waals surface area contributed by atoms with Crippen LogP contribution in [-0.2, 0) is 9.84 Å². The molecule has 0 bridgehead atoms. The zero-order valence-electron chi connectivity index (χ0n) is 14.5. The number of halogens is 1. The third kappa shape index (κ3) is 2.68. The first-order chi connectivity index (χ1) is 12.3. The summed E-state index contributed by atoms with van der Waals surface area (Å²) in [5.74, 6) is -0.0505. The van der Waals surface area contributed by atoms with Crippen LogP contribution in [0.3, 0.4) is 0 Å². The maximum absolute atomic E-state index is 13.3. The van der Waals surface area contributed by atoms with E-state index < -0.39 is 21.9 Å². The molecule has 7 heteroatoms. The molecule has 2 atom stereocenters. The molecule has 0 spiro atoms. The van der Waals surface area contributed by atoms with E-state index in [0.29, 0.717) is 10.7 Å². The smallest absolute Gasteiger partial charge is 0.288 e. The molecule has 0 aromatic heterocycles. The number of hydrogen-bond acceptors (Lipinski definition) is 3. The van der Waals surface area contributed by atoms with Crippen LogP contribution in [0.25, 0.3) is 0 Å². The van der Waals surface area contributed by atoms with Crippen LogP contribution in [0.15, 0.2) is 42.5 Å². The summed E-state index contributed by atoms with van der Waals surface area (Å²) in [5.41, 5.74) is 3.44. The molecule has 0 N–H and O–H groups in total. The predicted molar refractivity (Wildman–Crippen MR) is 104 cm³/mol. The van der Waals surface area contributed by atoms with Crippen LogP contribution >= 0.6 is 11.6 Å². The molecule has 2 amide bonds. The van der Waals surface area contributed by atoms with Gasteiger partial charge < -0.3 is 0 Å². The molecule has 0 aliphatic carbocycles. The first-order valence-electron chi connectivity index (χ1n) is 8.43. The Balaban J connectivity index is 1.86. The molecule has 2 aromatic rings. The van der Waals surface area contributed by atoms with Gasteiger partial charge in [-0.2, -0.15) is 0 Å². The minimum atomic E-state index is -3.21. The Bertz CT molecular complexity index is 1010. The number of anilines is 2. The molecule has 2 aromatic carbocycles. The Hall–Kier alpha value is -2.05. The summed E-state index contributed by atoms with van der Waals surface area (Å²) in [7, 11) is -3.21. The molecule has 0 unspecified atom stereocenters. The minimum absolute atomic E-state index is 0.0200. The van der Waals surface area contributed by atoms with Crippen molar-refractivity contribution >= 4 is 38.8 Å². The third-order valence-corrected chi connectivity index (χ3v) is 7.22. The lowest BCUT2D eigenvalue weighted by Gasteiger charge is -2.24. The number of hydrogen-bond donors (Lipinski definition) is 0. The Kier molecular flexibility index (Phi) is 4.00. The fourth-order valence-electron chi connectivity index (χ4n) is 3.91. The van der Waals surface area contributed by atoms with E-state index in [9.17, 15) is 13.2 Å². The van der Waals surface area contributed by atoms with Gasteiger partial charge in [0.05, 0.1) is 23.6 Å². The molecule has 4 rings (SSSR count). The number of urea groups is 1. The zero-order chi connectivity index (χ0) is 18.6. The second-order valence-corrected chi connectivity index (χ2v) is 9.52. The first kappa shape index (κ1) is 17.4. The number of aryl methyl sites for hydroxylation is 1. The molecule has 2 aliphatic heterocycles. The summed E-state index contributed by atoms with van der Waals surface area (Å²) in [6, 6.07) is 11.7. The molecule has 2 aliphatic rings. The molecule has 2 fully saturated rings. The number of fused-ring (bicyclic) bond motifs is 1. The van der Waals surface area contributed by atoms with Crippen LogP contribution < -0.4 is 9.80 Å². The van der Waals surface area contributed by atoms with Crippen molar-refractivity contribution in [1.29, 1.82) is 0 Å². The van der Waals surface area contributed by atoms with Gasteiger partial charge in [0, 0.05) is 16.4 Å². The van der Waals surface area contributed by atoms with Gasteiger partial charge in [0.15, 0.2) is 9.84 Å². The van der Waals surface area contributed by atoms with Crippen LogP contribution in [0.5, 0.6) is 0 Å². The van der Waals surface area contributed by atoms with E-state index in [1.165, 1.54) is 0 Å². The fraction of sp³-hybridized carbons (Fsp3) is 0.316. The van der Waals surface area contributed by atoms with Crippen molar-refractivity contribution in [3.63, 3.8) is 0 Å². The minimum Gasteiger partial charge on any atom is -0.288 e. The highest BCUT2D eigenvalue weighted by Crippen LogP contribution is 2.39. The predicted octanol–water partition coefficient (Wildman–Crippen LogP) is 3.57. The van der Waals surface area contributed by atoms with Crippen molar-refractivity contribution < 1.29 is 13.2 Å². The first-order valence-corrected chi connectivity index (χ1v) is 10.6. The van der Waals surface area contributed by atoms with Gasteiger partial charge in [-0.05, 0) is 49.2 Å².